The maximum atomic E-state index is 11.4. The monoisotopic (exact) mass is 280 g/mol. The predicted molar refractivity (Wildman–Crippen MR) is 70.2 cm³/mol. The number of nitro groups is 1. The molecule has 0 amide bonds. The van der Waals surface area contributed by atoms with Crippen LogP contribution >= 0.6 is 11.6 Å². The SMILES string of the molecule is O=C1CCC(O)=C1C=Nc1ccc([N+](=O)[O-])cc1Cl. The summed E-state index contributed by atoms with van der Waals surface area (Å²) in [5.41, 5.74) is 0.324. The largest absolute Gasteiger partial charge is 0.511 e. The number of non-ortho nitro benzene ring substituents is 1. The number of hydrogen-bond donors (Lipinski definition) is 1. The van der Waals surface area contributed by atoms with Crippen LogP contribution in [0.1, 0.15) is 12.8 Å². The topological polar surface area (TPSA) is 92.8 Å². The Hall–Kier alpha value is -2.21. The number of benzene rings is 1. The van der Waals surface area contributed by atoms with Crippen LogP contribution in [0, 0.1) is 10.1 Å². The zero-order valence-corrected chi connectivity index (χ0v) is 10.4. The first-order chi connectivity index (χ1) is 8.99. The van der Waals surface area contributed by atoms with Gasteiger partial charge in [-0.3, -0.25) is 19.9 Å². The molecular formula is C12H9ClN2O4. The highest BCUT2D eigenvalue weighted by molar-refractivity contribution is 6.33. The highest BCUT2D eigenvalue weighted by Gasteiger charge is 2.21. The van der Waals surface area contributed by atoms with Crippen molar-refractivity contribution in [2.24, 2.45) is 4.99 Å². The van der Waals surface area contributed by atoms with E-state index in [0.717, 1.165) is 0 Å². The van der Waals surface area contributed by atoms with E-state index in [-0.39, 0.29) is 34.2 Å². The van der Waals surface area contributed by atoms with Gasteiger partial charge in [0.25, 0.3) is 5.69 Å². The van der Waals surface area contributed by atoms with Crippen LogP contribution < -0.4 is 0 Å². The Labute approximate surface area is 113 Å². The third kappa shape index (κ3) is 2.79. The summed E-state index contributed by atoms with van der Waals surface area (Å²) < 4.78 is 0. The minimum Gasteiger partial charge on any atom is -0.511 e. The number of hydrogen-bond acceptors (Lipinski definition) is 5. The standard InChI is InChI=1S/C12H9ClN2O4/c13-9-5-7(15(18)19)1-2-10(9)14-6-8-11(16)3-4-12(8)17/h1-2,5-6,16H,3-4H2. The second-order valence-electron chi connectivity index (χ2n) is 3.93. The molecule has 0 aromatic heterocycles. The number of aliphatic hydroxyl groups is 1. The number of ketones is 1. The van der Waals surface area contributed by atoms with Crippen LogP contribution in [0.2, 0.25) is 5.02 Å². The van der Waals surface area contributed by atoms with E-state index in [1.54, 1.807) is 0 Å². The number of Topliss-reactive ketones (excluding diaryl/α,β-unsaturated/α-hetero) is 1. The molecule has 0 radical (unpaired) electrons. The second kappa shape index (κ2) is 5.19. The minimum absolute atomic E-state index is 0.00628. The molecular weight excluding hydrogens is 272 g/mol. The molecule has 0 aliphatic heterocycles. The summed E-state index contributed by atoms with van der Waals surface area (Å²) in [4.78, 5) is 25.4. The molecule has 1 aliphatic rings. The molecule has 0 atom stereocenters. The fraction of sp³-hybridized carbons (Fsp3) is 0.167. The average molecular weight is 281 g/mol. The number of allylic oxidation sites excluding steroid dienone is 2. The number of nitro benzene ring substituents is 1. The van der Waals surface area contributed by atoms with E-state index < -0.39 is 4.92 Å². The van der Waals surface area contributed by atoms with Crippen LogP contribution in [-0.2, 0) is 4.79 Å². The third-order valence-corrected chi connectivity index (χ3v) is 2.98. The molecule has 0 saturated carbocycles. The first-order valence-electron chi connectivity index (χ1n) is 5.42. The van der Waals surface area contributed by atoms with Crippen LogP contribution in [0.4, 0.5) is 11.4 Å². The molecule has 0 bridgehead atoms. The van der Waals surface area contributed by atoms with Crippen molar-refractivity contribution in [3.05, 3.63) is 44.7 Å². The van der Waals surface area contributed by atoms with Gasteiger partial charge in [-0.2, -0.15) is 0 Å². The maximum Gasteiger partial charge on any atom is 0.271 e. The Balaban J connectivity index is 2.27. The summed E-state index contributed by atoms with van der Waals surface area (Å²) >= 11 is 5.85. The van der Waals surface area contributed by atoms with Crippen molar-refractivity contribution in [1.82, 2.24) is 0 Å². The van der Waals surface area contributed by atoms with Crippen LogP contribution in [0.5, 0.6) is 0 Å². The molecule has 1 N–H and O–H groups in total. The van der Waals surface area contributed by atoms with E-state index >= 15 is 0 Å². The van der Waals surface area contributed by atoms with Crippen LogP contribution in [-0.4, -0.2) is 22.0 Å². The van der Waals surface area contributed by atoms with Gasteiger partial charge in [0.15, 0.2) is 5.78 Å². The number of aliphatic imine (C=N–C) groups is 1. The Morgan fingerprint density at radius 3 is 2.68 bits per heavy atom. The summed E-state index contributed by atoms with van der Waals surface area (Å²) in [5, 5.41) is 20.1. The van der Waals surface area contributed by atoms with E-state index in [0.29, 0.717) is 12.1 Å². The molecule has 0 unspecified atom stereocenters. The fourth-order valence-electron chi connectivity index (χ4n) is 1.66. The van der Waals surface area contributed by atoms with Crippen LogP contribution in [0.25, 0.3) is 0 Å². The second-order valence-corrected chi connectivity index (χ2v) is 4.34. The molecule has 6 nitrogen and oxygen atoms in total. The van der Waals surface area contributed by atoms with E-state index in [9.17, 15) is 20.0 Å². The zero-order chi connectivity index (χ0) is 14.0. The van der Waals surface area contributed by atoms with Gasteiger partial charge < -0.3 is 5.11 Å². The normalized spacial score (nSPS) is 15.5. The molecule has 1 aliphatic carbocycles. The molecule has 0 spiro atoms. The molecule has 98 valence electrons. The van der Waals surface area contributed by atoms with Crippen molar-refractivity contribution in [3.8, 4) is 0 Å². The number of aliphatic hydroxyl groups excluding tert-OH is 1. The van der Waals surface area contributed by atoms with E-state index in [1.165, 1.54) is 24.4 Å². The molecule has 0 heterocycles. The number of nitrogens with zero attached hydrogens (tertiary/aromatic N) is 2. The Morgan fingerprint density at radius 1 is 1.42 bits per heavy atom. The van der Waals surface area contributed by atoms with Gasteiger partial charge >= 0.3 is 0 Å². The number of halogens is 1. The van der Waals surface area contributed by atoms with Crippen molar-refractivity contribution in [2.75, 3.05) is 0 Å². The number of carbonyl (C=O) groups excluding carboxylic acids is 1. The lowest BCUT2D eigenvalue weighted by Gasteiger charge is -1.98. The van der Waals surface area contributed by atoms with Gasteiger partial charge in [0.05, 0.1) is 21.2 Å². The van der Waals surface area contributed by atoms with E-state index in [4.69, 9.17) is 11.6 Å². The predicted octanol–water partition coefficient (Wildman–Crippen LogP) is 3.13. The van der Waals surface area contributed by atoms with Crippen molar-refractivity contribution in [1.29, 1.82) is 0 Å². The fourth-order valence-corrected chi connectivity index (χ4v) is 1.88. The molecule has 19 heavy (non-hydrogen) atoms. The first kappa shape index (κ1) is 13.2. The average Bonchev–Trinajstić information content (AvgIpc) is 2.68. The summed E-state index contributed by atoms with van der Waals surface area (Å²) in [7, 11) is 0. The Morgan fingerprint density at radius 2 is 2.16 bits per heavy atom. The van der Waals surface area contributed by atoms with Gasteiger partial charge in [-0.15, -0.1) is 0 Å². The smallest absolute Gasteiger partial charge is 0.271 e. The first-order valence-corrected chi connectivity index (χ1v) is 5.80. The van der Waals surface area contributed by atoms with Gasteiger partial charge in [-0.25, -0.2) is 0 Å². The van der Waals surface area contributed by atoms with Gasteiger partial charge in [-0.1, -0.05) is 11.6 Å². The molecule has 2 rings (SSSR count). The highest BCUT2D eigenvalue weighted by atomic mass is 35.5. The minimum atomic E-state index is -0.561. The lowest BCUT2D eigenvalue weighted by Crippen LogP contribution is -1.97. The highest BCUT2D eigenvalue weighted by Crippen LogP contribution is 2.29. The number of rotatable bonds is 3. The lowest BCUT2D eigenvalue weighted by molar-refractivity contribution is -0.384. The summed E-state index contributed by atoms with van der Waals surface area (Å²) in [6, 6.07) is 3.83. The molecule has 0 saturated heterocycles. The van der Waals surface area contributed by atoms with Gasteiger partial charge in [0.1, 0.15) is 5.76 Å². The third-order valence-electron chi connectivity index (χ3n) is 2.67. The summed E-state index contributed by atoms with van der Waals surface area (Å²) in [6.07, 6.45) is 1.81. The maximum absolute atomic E-state index is 11.4. The van der Waals surface area contributed by atoms with Crippen LogP contribution in [0.3, 0.4) is 0 Å². The molecule has 7 heteroatoms. The molecule has 1 aromatic carbocycles. The van der Waals surface area contributed by atoms with E-state index in [1.807, 2.05) is 0 Å². The zero-order valence-electron chi connectivity index (χ0n) is 9.67. The number of carbonyl (C=O) groups is 1. The lowest BCUT2D eigenvalue weighted by atomic mass is 10.2. The van der Waals surface area contributed by atoms with Crippen LogP contribution in [0.15, 0.2) is 34.5 Å². The van der Waals surface area contributed by atoms with Crippen molar-refractivity contribution < 1.29 is 14.8 Å². The van der Waals surface area contributed by atoms with Crippen molar-refractivity contribution in [3.63, 3.8) is 0 Å². The molecule has 1 aromatic rings. The Kier molecular flexibility index (Phi) is 3.62. The van der Waals surface area contributed by atoms with Gasteiger partial charge in [-0.05, 0) is 6.07 Å². The van der Waals surface area contributed by atoms with Crippen molar-refractivity contribution >= 4 is 35.0 Å². The van der Waals surface area contributed by atoms with Gasteiger partial charge in [0, 0.05) is 31.2 Å². The van der Waals surface area contributed by atoms with Gasteiger partial charge in [0.2, 0.25) is 0 Å². The quantitative estimate of drug-likeness (QED) is 0.523. The van der Waals surface area contributed by atoms with E-state index in [2.05, 4.69) is 4.99 Å². The summed E-state index contributed by atoms with van der Waals surface area (Å²) in [6.45, 7) is 0. The Bertz CT molecular complexity index is 622. The van der Waals surface area contributed by atoms with Crippen molar-refractivity contribution in [2.45, 2.75) is 12.8 Å². The molecule has 0 fully saturated rings. The summed E-state index contributed by atoms with van der Waals surface area (Å²) in [5.74, 6) is -0.175.